The molecule has 1 saturated heterocycles. The number of carbonyl (C=O) groups excluding carboxylic acids is 4. The Labute approximate surface area is 203 Å². The Bertz CT molecular complexity index is 1280. The highest BCUT2D eigenvalue weighted by atomic mass is 32.2. The fraction of sp³-hybridized carbons (Fsp3) is 0.217. The molecule has 180 valence electrons. The van der Waals surface area contributed by atoms with E-state index in [2.05, 4.69) is 10.3 Å². The number of nitrogens with two attached hydrogens (primary N) is 1. The minimum atomic E-state index is -1.37. The van der Waals surface area contributed by atoms with Crippen LogP contribution in [0.25, 0.3) is 0 Å². The van der Waals surface area contributed by atoms with Crippen LogP contribution in [0, 0.1) is 0 Å². The van der Waals surface area contributed by atoms with Gasteiger partial charge in [0.15, 0.2) is 6.04 Å². The standard InChI is InChI=1S/C23H20N4O7S/c1-10-9-35-22-17(21(32)27(22)18(10)23(33)34)26-20(31)15(11-5-3-2-4-6-11)25-16-13(29)8-7-12(28)14(16)19(24)30/h2-8,15,17,22,28H,9H2,1H3,(H2,24,30)(H,26,31)(H,33,34)/t15-,17-,22-/m1/s1. The zero-order valence-corrected chi connectivity index (χ0v) is 19.1. The Morgan fingerprint density at radius 1 is 1.20 bits per heavy atom. The number of primary amides is 1. The average Bonchev–Trinajstić information content (AvgIpc) is 2.82. The van der Waals surface area contributed by atoms with E-state index in [9.17, 15) is 34.2 Å². The van der Waals surface area contributed by atoms with Crippen LogP contribution in [0.5, 0.6) is 0 Å². The summed E-state index contributed by atoms with van der Waals surface area (Å²) in [4.78, 5) is 67.4. The number of carbonyl (C=O) groups is 5. The Morgan fingerprint density at radius 3 is 2.51 bits per heavy atom. The first-order chi connectivity index (χ1) is 16.6. The number of β-lactam (4-membered cyclic amide) rings is 1. The zero-order chi connectivity index (χ0) is 25.4. The zero-order valence-electron chi connectivity index (χ0n) is 18.3. The molecule has 2 heterocycles. The number of ketones is 1. The number of benzene rings is 1. The minimum Gasteiger partial charge on any atom is -0.507 e. The number of hydrogen-bond donors (Lipinski definition) is 4. The Morgan fingerprint density at radius 2 is 1.89 bits per heavy atom. The molecule has 0 radical (unpaired) electrons. The predicted molar refractivity (Wildman–Crippen MR) is 125 cm³/mol. The summed E-state index contributed by atoms with van der Waals surface area (Å²) in [6.07, 6.45) is 2.01. The number of rotatable bonds is 6. The van der Waals surface area contributed by atoms with Crippen molar-refractivity contribution in [3.8, 4) is 0 Å². The van der Waals surface area contributed by atoms with E-state index in [1.807, 2.05) is 0 Å². The van der Waals surface area contributed by atoms with Crippen LogP contribution in [0.1, 0.15) is 18.5 Å². The Kier molecular flexibility index (Phi) is 6.31. The van der Waals surface area contributed by atoms with E-state index in [1.54, 1.807) is 37.3 Å². The van der Waals surface area contributed by atoms with E-state index in [0.29, 0.717) is 16.9 Å². The van der Waals surface area contributed by atoms with Crippen molar-refractivity contribution in [1.82, 2.24) is 10.2 Å². The second-order valence-corrected chi connectivity index (χ2v) is 9.05. The second-order valence-electron chi connectivity index (χ2n) is 7.94. The maximum Gasteiger partial charge on any atom is 0.352 e. The van der Waals surface area contributed by atoms with Crippen LogP contribution in [-0.4, -0.2) is 67.5 Å². The lowest BCUT2D eigenvalue weighted by atomic mass is 9.97. The summed E-state index contributed by atoms with van der Waals surface area (Å²) in [5.74, 6) is -4.58. The SMILES string of the molecule is CC1=C(C(=O)O)N2C(=O)[C@@H](NC(=O)[C@H](N=C3C(=O)C=CC(O)=C3C(N)=O)c3ccccc3)[C@H]2SC1. The molecular formula is C23H20N4O7S. The van der Waals surface area contributed by atoms with Gasteiger partial charge in [-0.25, -0.2) is 4.79 Å². The Balaban J connectivity index is 1.67. The molecule has 0 saturated carbocycles. The molecular weight excluding hydrogens is 476 g/mol. The van der Waals surface area contributed by atoms with Crippen LogP contribution in [0.2, 0.25) is 0 Å². The van der Waals surface area contributed by atoms with Crippen LogP contribution in [0.15, 0.2) is 70.1 Å². The molecule has 1 aromatic rings. The molecule has 3 atom stereocenters. The lowest BCUT2D eigenvalue weighted by molar-refractivity contribution is -0.150. The number of allylic oxidation sites excluding steroid dienone is 2. The first-order valence-electron chi connectivity index (χ1n) is 10.4. The monoisotopic (exact) mass is 496 g/mol. The summed E-state index contributed by atoms with van der Waals surface area (Å²) in [5.41, 5.74) is 5.11. The molecule has 0 aromatic heterocycles. The van der Waals surface area contributed by atoms with Crippen molar-refractivity contribution in [2.24, 2.45) is 10.7 Å². The van der Waals surface area contributed by atoms with E-state index in [0.717, 1.165) is 17.1 Å². The first kappa shape index (κ1) is 24.0. The van der Waals surface area contributed by atoms with Gasteiger partial charge in [-0.15, -0.1) is 11.8 Å². The fourth-order valence-electron chi connectivity index (χ4n) is 3.99. The molecule has 2 aliphatic heterocycles. The quantitative estimate of drug-likeness (QED) is 0.322. The number of aliphatic hydroxyl groups is 1. The molecule has 5 N–H and O–H groups in total. The number of aliphatic hydroxyl groups excluding tert-OH is 1. The molecule has 11 nitrogen and oxygen atoms in total. The van der Waals surface area contributed by atoms with Crippen LogP contribution in [-0.2, 0) is 24.0 Å². The number of fused-ring (bicyclic) bond motifs is 1. The summed E-state index contributed by atoms with van der Waals surface area (Å²) < 4.78 is 0. The van der Waals surface area contributed by atoms with Crippen molar-refractivity contribution in [2.45, 2.75) is 24.4 Å². The number of aliphatic carboxylic acids is 1. The first-order valence-corrected chi connectivity index (χ1v) is 11.4. The summed E-state index contributed by atoms with van der Waals surface area (Å²) in [6.45, 7) is 1.63. The fourth-order valence-corrected chi connectivity index (χ4v) is 5.28. The van der Waals surface area contributed by atoms with Gasteiger partial charge in [-0.3, -0.25) is 29.1 Å². The molecule has 3 aliphatic rings. The molecule has 12 heteroatoms. The highest BCUT2D eigenvalue weighted by Gasteiger charge is 2.54. The number of aliphatic imine (C=N–C) groups is 1. The summed E-state index contributed by atoms with van der Waals surface area (Å²) in [6, 6.07) is 5.75. The number of carboxylic acid groups (broad SMARTS) is 1. The molecule has 1 aliphatic carbocycles. The molecule has 0 bridgehead atoms. The number of thioether (sulfide) groups is 1. The highest BCUT2D eigenvalue weighted by Crippen LogP contribution is 2.40. The summed E-state index contributed by atoms with van der Waals surface area (Å²) in [5, 5.41) is 21.5. The van der Waals surface area contributed by atoms with Crippen molar-refractivity contribution >= 4 is 46.9 Å². The topological polar surface area (TPSA) is 179 Å². The van der Waals surface area contributed by atoms with Gasteiger partial charge in [-0.2, -0.15) is 0 Å². The number of hydrogen-bond acceptors (Lipinski definition) is 8. The maximum atomic E-state index is 13.3. The molecule has 35 heavy (non-hydrogen) atoms. The number of amides is 3. The van der Waals surface area contributed by atoms with E-state index in [-0.39, 0.29) is 5.70 Å². The van der Waals surface area contributed by atoms with E-state index in [1.165, 1.54) is 11.8 Å². The van der Waals surface area contributed by atoms with Gasteiger partial charge in [-0.05, 0) is 30.2 Å². The van der Waals surface area contributed by atoms with Crippen LogP contribution in [0.3, 0.4) is 0 Å². The van der Waals surface area contributed by atoms with Crippen LogP contribution >= 0.6 is 11.8 Å². The van der Waals surface area contributed by atoms with Crippen molar-refractivity contribution < 1.29 is 34.2 Å². The molecule has 0 unspecified atom stereocenters. The van der Waals surface area contributed by atoms with Crippen molar-refractivity contribution in [2.75, 3.05) is 5.75 Å². The molecule has 1 aromatic carbocycles. The van der Waals surface area contributed by atoms with Crippen LogP contribution < -0.4 is 11.1 Å². The van der Waals surface area contributed by atoms with Gasteiger partial charge in [0.1, 0.15) is 34.2 Å². The molecule has 4 rings (SSSR count). The van der Waals surface area contributed by atoms with Gasteiger partial charge in [-0.1, -0.05) is 30.3 Å². The smallest absolute Gasteiger partial charge is 0.352 e. The van der Waals surface area contributed by atoms with Gasteiger partial charge in [0, 0.05) is 5.75 Å². The third-order valence-electron chi connectivity index (χ3n) is 5.65. The van der Waals surface area contributed by atoms with Gasteiger partial charge >= 0.3 is 5.97 Å². The second kappa shape index (κ2) is 9.22. The largest absolute Gasteiger partial charge is 0.507 e. The predicted octanol–water partition coefficient (Wildman–Crippen LogP) is 0.364. The van der Waals surface area contributed by atoms with Gasteiger partial charge < -0.3 is 21.3 Å². The summed E-state index contributed by atoms with van der Waals surface area (Å²) >= 11 is 1.31. The van der Waals surface area contributed by atoms with E-state index in [4.69, 9.17) is 5.73 Å². The number of nitrogens with one attached hydrogen (secondary N) is 1. The molecule has 1 fully saturated rings. The molecule has 0 spiro atoms. The maximum absolute atomic E-state index is 13.3. The Hall–Kier alpha value is -4.19. The lowest BCUT2D eigenvalue weighted by Gasteiger charge is -2.49. The van der Waals surface area contributed by atoms with Crippen molar-refractivity contribution in [3.05, 3.63) is 70.6 Å². The average molecular weight is 497 g/mol. The minimum absolute atomic E-state index is 0.101. The van der Waals surface area contributed by atoms with Crippen molar-refractivity contribution in [1.29, 1.82) is 0 Å². The number of carboxylic acids is 1. The number of nitrogens with zero attached hydrogens (tertiary/aromatic N) is 2. The normalized spacial score (nSPS) is 23.7. The summed E-state index contributed by atoms with van der Waals surface area (Å²) in [7, 11) is 0. The molecule has 3 amide bonds. The van der Waals surface area contributed by atoms with E-state index >= 15 is 0 Å². The van der Waals surface area contributed by atoms with Crippen LogP contribution in [0.4, 0.5) is 0 Å². The van der Waals surface area contributed by atoms with Gasteiger partial charge in [0.25, 0.3) is 11.8 Å². The third kappa shape index (κ3) is 4.23. The highest BCUT2D eigenvalue weighted by molar-refractivity contribution is 8.00. The van der Waals surface area contributed by atoms with Gasteiger partial charge in [0.2, 0.25) is 11.7 Å². The van der Waals surface area contributed by atoms with Gasteiger partial charge in [0.05, 0.1) is 0 Å². The van der Waals surface area contributed by atoms with Crippen molar-refractivity contribution in [3.63, 3.8) is 0 Å². The third-order valence-corrected chi connectivity index (χ3v) is 7.07. The lowest BCUT2D eigenvalue weighted by Crippen LogP contribution is -2.70. The van der Waals surface area contributed by atoms with E-state index < -0.39 is 64.0 Å².